The van der Waals surface area contributed by atoms with E-state index < -0.39 is 11.9 Å². The average Bonchev–Trinajstić information content (AvgIpc) is 3.18. The molecule has 0 radical (unpaired) electrons. The number of nitriles is 1. The number of furan rings is 1. The molecule has 0 unspecified atom stereocenters. The van der Waals surface area contributed by atoms with Crippen molar-refractivity contribution in [2.75, 3.05) is 20.3 Å². The summed E-state index contributed by atoms with van der Waals surface area (Å²) in [5, 5.41) is 12.6. The lowest BCUT2D eigenvalue weighted by Gasteiger charge is -2.04. The third kappa shape index (κ3) is 5.09. The van der Waals surface area contributed by atoms with Gasteiger partial charge in [-0.25, -0.2) is 4.79 Å². The van der Waals surface area contributed by atoms with Gasteiger partial charge in [0.25, 0.3) is 5.91 Å². The van der Waals surface area contributed by atoms with Crippen LogP contribution in [-0.2, 0) is 9.53 Å². The minimum absolute atomic E-state index is 0.0341. The molecule has 1 aromatic heterocycles. The van der Waals surface area contributed by atoms with Crippen molar-refractivity contribution in [3.63, 3.8) is 0 Å². The number of carbonyl (C=O) groups excluding carboxylic acids is 2. The lowest BCUT2D eigenvalue weighted by molar-refractivity contribution is -0.117. The maximum atomic E-state index is 12.3. The molecule has 3 aromatic rings. The zero-order chi connectivity index (χ0) is 20.6. The SMILES string of the molecule is COCCNC(=O)/C(C#N)=C/c1ccc(OC(=O)c2cc3ccccc3o2)cc1. The van der Waals surface area contributed by atoms with Crippen molar-refractivity contribution in [1.29, 1.82) is 5.26 Å². The third-order valence-corrected chi connectivity index (χ3v) is 3.99. The number of ether oxygens (including phenoxy) is 2. The highest BCUT2D eigenvalue weighted by atomic mass is 16.5. The summed E-state index contributed by atoms with van der Waals surface area (Å²) in [4.78, 5) is 24.2. The summed E-state index contributed by atoms with van der Waals surface area (Å²) < 4.78 is 15.7. The molecule has 1 amide bonds. The van der Waals surface area contributed by atoms with Crippen molar-refractivity contribution in [2.24, 2.45) is 0 Å². The molecule has 1 N–H and O–H groups in total. The number of hydrogen-bond acceptors (Lipinski definition) is 6. The molecule has 146 valence electrons. The molecule has 0 aliphatic heterocycles. The van der Waals surface area contributed by atoms with Crippen LogP contribution in [-0.4, -0.2) is 32.1 Å². The number of nitrogens with zero attached hydrogens (tertiary/aromatic N) is 1. The Hall–Kier alpha value is -3.89. The van der Waals surface area contributed by atoms with E-state index in [-0.39, 0.29) is 11.3 Å². The Kier molecular flexibility index (Phi) is 6.40. The first kappa shape index (κ1) is 19.9. The molecular weight excluding hydrogens is 372 g/mol. The predicted molar refractivity (Wildman–Crippen MR) is 106 cm³/mol. The van der Waals surface area contributed by atoms with Crippen LogP contribution < -0.4 is 10.1 Å². The van der Waals surface area contributed by atoms with Crippen LogP contribution in [0.15, 0.2) is 64.6 Å². The van der Waals surface area contributed by atoms with Gasteiger partial charge in [-0.15, -0.1) is 0 Å². The molecule has 0 aliphatic carbocycles. The summed E-state index contributed by atoms with van der Waals surface area (Å²) in [6.07, 6.45) is 1.45. The highest BCUT2D eigenvalue weighted by Crippen LogP contribution is 2.21. The topological polar surface area (TPSA) is 102 Å². The molecule has 7 nitrogen and oxygen atoms in total. The number of esters is 1. The third-order valence-electron chi connectivity index (χ3n) is 3.99. The van der Waals surface area contributed by atoms with E-state index in [0.29, 0.717) is 30.0 Å². The highest BCUT2D eigenvalue weighted by Gasteiger charge is 2.14. The fourth-order valence-electron chi connectivity index (χ4n) is 2.55. The number of fused-ring (bicyclic) bond motifs is 1. The monoisotopic (exact) mass is 390 g/mol. The van der Waals surface area contributed by atoms with Crippen LogP contribution in [0.5, 0.6) is 5.75 Å². The molecule has 29 heavy (non-hydrogen) atoms. The lowest BCUT2D eigenvalue weighted by Crippen LogP contribution is -2.27. The first-order valence-corrected chi connectivity index (χ1v) is 8.80. The Bertz CT molecular complexity index is 1060. The first-order chi connectivity index (χ1) is 14.1. The summed E-state index contributed by atoms with van der Waals surface area (Å²) in [7, 11) is 1.52. The van der Waals surface area contributed by atoms with Crippen LogP contribution >= 0.6 is 0 Å². The van der Waals surface area contributed by atoms with Gasteiger partial charge in [-0.1, -0.05) is 30.3 Å². The number of methoxy groups -OCH3 is 1. The van der Waals surface area contributed by atoms with Crippen LogP contribution in [0, 0.1) is 11.3 Å². The molecule has 0 saturated heterocycles. The van der Waals surface area contributed by atoms with Gasteiger partial charge in [0, 0.05) is 19.0 Å². The average molecular weight is 390 g/mol. The second-order valence-corrected chi connectivity index (χ2v) is 6.03. The number of hydrogen-bond donors (Lipinski definition) is 1. The van der Waals surface area contributed by atoms with Crippen LogP contribution in [0.2, 0.25) is 0 Å². The number of para-hydroxylation sites is 1. The van der Waals surface area contributed by atoms with Crippen LogP contribution in [0.25, 0.3) is 17.0 Å². The molecule has 0 aliphatic rings. The van der Waals surface area contributed by atoms with Crippen molar-refractivity contribution in [3.8, 4) is 11.8 Å². The number of carbonyl (C=O) groups is 2. The van der Waals surface area contributed by atoms with E-state index in [9.17, 15) is 14.9 Å². The van der Waals surface area contributed by atoms with E-state index in [4.69, 9.17) is 13.9 Å². The number of amides is 1. The molecule has 0 atom stereocenters. The Morgan fingerprint density at radius 2 is 1.93 bits per heavy atom. The van der Waals surface area contributed by atoms with Gasteiger partial charge in [0.2, 0.25) is 5.76 Å². The Labute approximate surface area is 167 Å². The molecule has 0 fully saturated rings. The molecule has 0 saturated carbocycles. The largest absolute Gasteiger partial charge is 0.449 e. The maximum absolute atomic E-state index is 12.3. The smallest absolute Gasteiger partial charge is 0.379 e. The van der Waals surface area contributed by atoms with E-state index >= 15 is 0 Å². The highest BCUT2D eigenvalue weighted by molar-refractivity contribution is 6.01. The van der Waals surface area contributed by atoms with Gasteiger partial charge in [0.15, 0.2) is 0 Å². The van der Waals surface area contributed by atoms with Crippen LogP contribution in [0.3, 0.4) is 0 Å². The van der Waals surface area contributed by atoms with Gasteiger partial charge in [-0.3, -0.25) is 4.79 Å². The molecule has 3 rings (SSSR count). The van der Waals surface area contributed by atoms with Gasteiger partial charge < -0.3 is 19.2 Å². The molecule has 1 heterocycles. The summed E-state index contributed by atoms with van der Waals surface area (Å²) in [5.41, 5.74) is 1.19. The molecular formula is C22H18N2O5. The van der Waals surface area contributed by atoms with Crippen molar-refractivity contribution >= 4 is 28.9 Å². The van der Waals surface area contributed by atoms with E-state index in [1.807, 2.05) is 24.3 Å². The summed E-state index contributed by atoms with van der Waals surface area (Å²) in [5.74, 6) is -0.671. The summed E-state index contributed by atoms with van der Waals surface area (Å²) >= 11 is 0. The van der Waals surface area contributed by atoms with Crippen LogP contribution in [0.1, 0.15) is 16.1 Å². The molecule has 7 heteroatoms. The number of rotatable bonds is 7. The number of benzene rings is 2. The van der Waals surface area contributed by atoms with Crippen molar-refractivity contribution < 1.29 is 23.5 Å². The van der Waals surface area contributed by atoms with Gasteiger partial charge in [-0.05, 0) is 35.9 Å². The van der Waals surface area contributed by atoms with Crippen molar-refractivity contribution in [1.82, 2.24) is 5.32 Å². The molecule has 0 spiro atoms. The quantitative estimate of drug-likeness (QED) is 0.218. The Morgan fingerprint density at radius 3 is 2.62 bits per heavy atom. The zero-order valence-electron chi connectivity index (χ0n) is 15.7. The normalized spacial score (nSPS) is 11.1. The standard InChI is InChI=1S/C22H18N2O5/c1-27-11-10-24-21(25)17(14-23)12-15-6-8-18(9-7-15)28-22(26)20-13-16-4-2-3-5-19(16)29-20/h2-9,12-13H,10-11H2,1H3,(H,24,25)/b17-12+. The van der Waals surface area contributed by atoms with Crippen molar-refractivity contribution in [3.05, 3.63) is 71.5 Å². The lowest BCUT2D eigenvalue weighted by atomic mass is 10.1. The minimum atomic E-state index is -0.611. The summed E-state index contributed by atoms with van der Waals surface area (Å²) in [6.45, 7) is 0.667. The Morgan fingerprint density at radius 1 is 1.17 bits per heavy atom. The fourth-order valence-corrected chi connectivity index (χ4v) is 2.55. The predicted octanol–water partition coefficient (Wildman–Crippen LogP) is 3.32. The molecule has 2 aromatic carbocycles. The van der Waals surface area contributed by atoms with Gasteiger partial charge >= 0.3 is 5.97 Å². The van der Waals surface area contributed by atoms with E-state index in [1.165, 1.54) is 13.2 Å². The molecule has 0 bridgehead atoms. The van der Waals surface area contributed by atoms with Crippen molar-refractivity contribution in [2.45, 2.75) is 0 Å². The first-order valence-electron chi connectivity index (χ1n) is 8.80. The minimum Gasteiger partial charge on any atom is -0.449 e. The van der Waals surface area contributed by atoms with Crippen LogP contribution in [0.4, 0.5) is 0 Å². The second-order valence-electron chi connectivity index (χ2n) is 6.03. The summed E-state index contributed by atoms with van der Waals surface area (Å²) in [6, 6.07) is 17.2. The van der Waals surface area contributed by atoms with E-state index in [2.05, 4.69) is 5.32 Å². The van der Waals surface area contributed by atoms with Gasteiger partial charge in [0.1, 0.15) is 23.0 Å². The van der Waals surface area contributed by atoms with Gasteiger partial charge in [0.05, 0.1) is 6.61 Å². The second kappa shape index (κ2) is 9.35. The van der Waals surface area contributed by atoms with Gasteiger partial charge in [-0.2, -0.15) is 5.26 Å². The fraction of sp³-hybridized carbons (Fsp3) is 0.136. The maximum Gasteiger partial charge on any atom is 0.379 e. The zero-order valence-corrected chi connectivity index (χ0v) is 15.7. The number of nitrogens with one attached hydrogen (secondary N) is 1. The Balaban J connectivity index is 1.66. The van der Waals surface area contributed by atoms with E-state index in [1.54, 1.807) is 36.4 Å². The van der Waals surface area contributed by atoms with E-state index in [0.717, 1.165) is 5.39 Å².